The van der Waals surface area contributed by atoms with Crippen LogP contribution in [0.3, 0.4) is 0 Å². The molecule has 0 amide bonds. The molecule has 11 aromatic rings. The zero-order valence-electron chi connectivity index (χ0n) is 35.4. The molecule has 2 aliphatic heterocycles. The smallest absolute Gasteiger partial charge is 0.434 e. The summed E-state index contributed by atoms with van der Waals surface area (Å²) in [5, 5.41) is 7.89. The second-order valence-corrected chi connectivity index (χ2v) is 20.9. The number of rotatable bonds is 7. The van der Waals surface area contributed by atoms with Crippen molar-refractivity contribution in [3.8, 4) is 56.3 Å². The van der Waals surface area contributed by atoms with E-state index in [-0.39, 0.29) is 6.92 Å². The molecular formula is C60H40BNO2Si. The molecule has 0 atom stereocenters. The first kappa shape index (κ1) is 37.4. The molecule has 0 saturated heterocycles. The van der Waals surface area contributed by atoms with E-state index in [9.17, 15) is 0 Å². The highest BCUT2D eigenvalue weighted by molar-refractivity contribution is 7.19. The van der Waals surface area contributed by atoms with Crippen molar-refractivity contribution in [2.45, 2.75) is 0 Å². The number of benzene rings is 10. The molecule has 0 spiro atoms. The number of ether oxygens (including phenoxy) is 1. The lowest BCUT2D eigenvalue weighted by Crippen LogP contribution is -2.74. The number of hydrogen-bond donors (Lipinski definition) is 0. The number of hydrogen-bond acceptors (Lipinski definition) is 2. The number of para-hydroxylation sites is 2. The SMILES string of the molecule is c1ccc([Si](c2ccccc2)(c2ccccc2)c2cccc(-c3ccc4c(c3)Oc3cccc5c3B4Oc3cc(-c4cccc(-n6c7ccccc7c7ccccc76)c4)ccc3-5)c2)cc1. The zero-order valence-corrected chi connectivity index (χ0v) is 36.4. The first-order valence-electron chi connectivity index (χ1n) is 22.3. The van der Waals surface area contributed by atoms with Gasteiger partial charge >= 0.3 is 6.92 Å². The van der Waals surface area contributed by atoms with Crippen molar-refractivity contribution in [1.29, 1.82) is 0 Å². The van der Waals surface area contributed by atoms with E-state index in [1.807, 2.05) is 0 Å². The van der Waals surface area contributed by atoms with Gasteiger partial charge < -0.3 is 14.0 Å². The Labute approximate surface area is 379 Å². The molecule has 3 nitrogen and oxygen atoms in total. The molecule has 3 heterocycles. The molecule has 13 rings (SSSR count). The normalized spacial score (nSPS) is 12.5. The molecule has 0 radical (unpaired) electrons. The molecule has 0 fully saturated rings. The van der Waals surface area contributed by atoms with Crippen LogP contribution in [-0.2, 0) is 0 Å². The van der Waals surface area contributed by atoms with Crippen molar-refractivity contribution < 1.29 is 9.39 Å². The summed E-state index contributed by atoms with van der Waals surface area (Å²) in [6.07, 6.45) is 0. The first-order valence-corrected chi connectivity index (χ1v) is 24.3. The summed E-state index contributed by atoms with van der Waals surface area (Å²) in [6.45, 7) is -0.314. The van der Waals surface area contributed by atoms with Crippen molar-refractivity contribution >= 4 is 68.5 Å². The number of aromatic nitrogens is 1. The standard InChI is InChI=1S/C60H40BNO2Si/c1-4-20-46(21-5-1)65(47-22-6-2-7-23-47,48-24-8-3-9-25-48)49-26-15-18-42(38-49)44-34-36-54-59(40-44)63-57-32-16-29-53-52-35-33-43(39-58(52)64-61(54)60(53)57)41-17-14-19-45(37-41)62-55-30-12-10-27-50(55)51-28-11-13-31-56(51)62/h1-40H. The molecule has 1 aromatic heterocycles. The average Bonchev–Trinajstić information content (AvgIpc) is 3.72. The maximum Gasteiger partial charge on any atom is 0.434 e. The van der Waals surface area contributed by atoms with Crippen molar-refractivity contribution in [1.82, 2.24) is 4.57 Å². The van der Waals surface area contributed by atoms with Gasteiger partial charge in [0.25, 0.3) is 0 Å². The van der Waals surface area contributed by atoms with Gasteiger partial charge in [-0.25, -0.2) is 0 Å². The summed E-state index contributed by atoms with van der Waals surface area (Å²) in [7, 11) is -2.71. The van der Waals surface area contributed by atoms with Crippen LogP contribution >= 0.6 is 0 Å². The highest BCUT2D eigenvalue weighted by atomic mass is 28.3. The Bertz CT molecular complexity index is 3470. The summed E-state index contributed by atoms with van der Waals surface area (Å²) in [5.41, 5.74) is 12.3. The minimum Gasteiger partial charge on any atom is -0.551 e. The summed E-state index contributed by atoms with van der Waals surface area (Å²) in [6, 6.07) is 88.3. The monoisotopic (exact) mass is 845 g/mol. The Morgan fingerprint density at radius 2 is 0.877 bits per heavy atom. The van der Waals surface area contributed by atoms with E-state index in [4.69, 9.17) is 9.39 Å². The summed E-state index contributed by atoms with van der Waals surface area (Å²) >= 11 is 0. The van der Waals surface area contributed by atoms with Crippen LogP contribution < -0.4 is 41.1 Å². The van der Waals surface area contributed by atoms with E-state index < -0.39 is 8.07 Å². The van der Waals surface area contributed by atoms with Crippen molar-refractivity contribution in [2.24, 2.45) is 0 Å². The van der Waals surface area contributed by atoms with E-state index in [2.05, 4.69) is 247 Å². The second-order valence-electron chi connectivity index (χ2n) is 17.1. The predicted molar refractivity (Wildman–Crippen MR) is 273 cm³/mol. The van der Waals surface area contributed by atoms with Gasteiger partial charge in [-0.3, -0.25) is 0 Å². The van der Waals surface area contributed by atoms with Crippen LogP contribution in [0.2, 0.25) is 0 Å². The van der Waals surface area contributed by atoms with Crippen LogP contribution in [0.1, 0.15) is 0 Å². The van der Waals surface area contributed by atoms with Crippen LogP contribution in [0.5, 0.6) is 17.2 Å². The van der Waals surface area contributed by atoms with E-state index >= 15 is 0 Å². The first-order chi connectivity index (χ1) is 32.2. The van der Waals surface area contributed by atoms with E-state index in [0.717, 1.165) is 67.2 Å². The van der Waals surface area contributed by atoms with Crippen LogP contribution in [0.4, 0.5) is 0 Å². The average molecular weight is 846 g/mol. The Kier molecular flexibility index (Phi) is 8.65. The Balaban J connectivity index is 0.884. The number of fused-ring (bicyclic) bond motifs is 7. The van der Waals surface area contributed by atoms with E-state index in [1.54, 1.807) is 0 Å². The highest BCUT2D eigenvalue weighted by Gasteiger charge is 2.43. The van der Waals surface area contributed by atoms with Crippen molar-refractivity contribution in [3.63, 3.8) is 0 Å². The predicted octanol–water partition coefficient (Wildman–Crippen LogP) is 10.8. The Hall–Kier alpha value is -8.12. The molecule has 0 unspecified atom stereocenters. The lowest BCUT2D eigenvalue weighted by atomic mass is 9.51. The van der Waals surface area contributed by atoms with Gasteiger partial charge in [0.05, 0.1) is 11.0 Å². The topological polar surface area (TPSA) is 23.4 Å². The number of nitrogens with zero attached hydrogens (tertiary/aromatic N) is 1. The quantitative estimate of drug-likeness (QED) is 0.118. The van der Waals surface area contributed by atoms with Gasteiger partial charge in [-0.2, -0.15) is 0 Å². The Morgan fingerprint density at radius 3 is 1.54 bits per heavy atom. The third-order valence-corrected chi connectivity index (χ3v) is 18.4. The maximum absolute atomic E-state index is 7.12. The fourth-order valence-electron chi connectivity index (χ4n) is 10.7. The van der Waals surface area contributed by atoms with Crippen molar-refractivity contribution in [2.75, 3.05) is 0 Å². The van der Waals surface area contributed by atoms with Gasteiger partial charge in [0.1, 0.15) is 17.2 Å². The maximum atomic E-state index is 7.12. The lowest BCUT2D eigenvalue weighted by Gasteiger charge is -2.35. The molecule has 5 heteroatoms. The molecule has 65 heavy (non-hydrogen) atoms. The zero-order chi connectivity index (χ0) is 42.9. The van der Waals surface area contributed by atoms with Gasteiger partial charge in [-0.1, -0.05) is 200 Å². The van der Waals surface area contributed by atoms with Gasteiger partial charge in [0, 0.05) is 32.9 Å². The summed E-state index contributed by atoms with van der Waals surface area (Å²) in [5.74, 6) is 2.52. The molecule has 2 aliphatic rings. The molecule has 0 N–H and O–H groups in total. The second kappa shape index (κ2) is 15.0. The largest absolute Gasteiger partial charge is 0.551 e. The lowest BCUT2D eigenvalue weighted by molar-refractivity contribution is 0.479. The van der Waals surface area contributed by atoms with Gasteiger partial charge in [0.15, 0.2) is 8.07 Å². The van der Waals surface area contributed by atoms with E-state index in [1.165, 1.54) is 42.6 Å². The fourth-order valence-corrected chi connectivity index (χ4v) is 15.5. The minimum atomic E-state index is -2.71. The van der Waals surface area contributed by atoms with Crippen LogP contribution in [0, 0.1) is 0 Å². The van der Waals surface area contributed by atoms with Gasteiger partial charge in [0.2, 0.25) is 0 Å². The third kappa shape index (κ3) is 5.90. The third-order valence-electron chi connectivity index (χ3n) is 13.6. The van der Waals surface area contributed by atoms with Gasteiger partial charge in [-0.05, 0) is 91.0 Å². The van der Waals surface area contributed by atoms with Gasteiger partial charge in [-0.15, -0.1) is 0 Å². The van der Waals surface area contributed by atoms with E-state index in [0.29, 0.717) is 0 Å². The molecular weight excluding hydrogens is 806 g/mol. The highest BCUT2D eigenvalue weighted by Crippen LogP contribution is 2.42. The Morgan fingerprint density at radius 1 is 0.354 bits per heavy atom. The molecule has 0 aliphatic carbocycles. The fraction of sp³-hybridized carbons (Fsp3) is 0. The summed E-state index contributed by atoms with van der Waals surface area (Å²) in [4.78, 5) is 0. The molecule has 10 aromatic carbocycles. The molecule has 0 saturated carbocycles. The minimum absolute atomic E-state index is 0.314. The van der Waals surface area contributed by atoms with Crippen molar-refractivity contribution in [3.05, 3.63) is 243 Å². The van der Waals surface area contributed by atoms with Crippen LogP contribution in [0.15, 0.2) is 243 Å². The molecule has 0 bridgehead atoms. The summed E-state index contributed by atoms with van der Waals surface area (Å²) < 4.78 is 16.3. The van der Waals surface area contributed by atoms with Crippen LogP contribution in [0.25, 0.3) is 60.9 Å². The van der Waals surface area contributed by atoms with Crippen LogP contribution in [-0.4, -0.2) is 19.6 Å². The molecule has 304 valence electrons.